The Labute approximate surface area is 134 Å². The summed E-state index contributed by atoms with van der Waals surface area (Å²) in [5, 5.41) is 0. The maximum absolute atomic E-state index is 12.4. The molecule has 1 aliphatic rings. The van der Waals surface area contributed by atoms with Gasteiger partial charge in [0.25, 0.3) is 11.8 Å². The molecule has 2 aromatic heterocycles. The maximum Gasteiger partial charge on any atom is 0.289 e. The van der Waals surface area contributed by atoms with E-state index in [0.717, 1.165) is 18.8 Å². The van der Waals surface area contributed by atoms with Crippen molar-refractivity contribution >= 4 is 11.7 Å². The van der Waals surface area contributed by atoms with Crippen molar-refractivity contribution in [2.75, 3.05) is 31.6 Å². The van der Waals surface area contributed by atoms with E-state index in [9.17, 15) is 4.79 Å². The molecule has 0 spiro atoms. The van der Waals surface area contributed by atoms with Crippen molar-refractivity contribution < 1.29 is 13.9 Å². The van der Waals surface area contributed by atoms with Gasteiger partial charge in [-0.2, -0.15) is 0 Å². The minimum Gasteiger partial charge on any atom is -0.475 e. The first-order chi connectivity index (χ1) is 11.2. The number of likely N-dealkylation sites (N-methyl/N-ethyl adjacent to an activating group) is 1. The van der Waals surface area contributed by atoms with Gasteiger partial charge >= 0.3 is 0 Å². The van der Waals surface area contributed by atoms with Gasteiger partial charge < -0.3 is 19.0 Å². The molecule has 0 aromatic carbocycles. The predicted octanol–water partition coefficient (Wildman–Crippen LogP) is 1.82. The van der Waals surface area contributed by atoms with Crippen LogP contribution in [0, 0.1) is 0 Å². The molecule has 122 valence electrons. The molecule has 7 heteroatoms. The van der Waals surface area contributed by atoms with Gasteiger partial charge in [0.1, 0.15) is 0 Å². The fraction of sp³-hybridized carbons (Fsp3) is 0.438. The molecule has 3 rings (SSSR count). The highest BCUT2D eigenvalue weighted by atomic mass is 16.5. The summed E-state index contributed by atoms with van der Waals surface area (Å²) in [7, 11) is 1.80. The molecule has 0 bridgehead atoms. The molecule has 2 aromatic rings. The topological polar surface area (TPSA) is 71.7 Å². The molecule has 1 aliphatic heterocycles. The lowest BCUT2D eigenvalue weighted by Gasteiger charge is -2.24. The van der Waals surface area contributed by atoms with E-state index in [2.05, 4.69) is 14.9 Å². The summed E-state index contributed by atoms with van der Waals surface area (Å²) in [5.74, 6) is 1.53. The summed E-state index contributed by atoms with van der Waals surface area (Å²) in [4.78, 5) is 24.8. The number of nitrogens with zero attached hydrogens (tertiary/aromatic N) is 4. The largest absolute Gasteiger partial charge is 0.475 e. The van der Waals surface area contributed by atoms with E-state index >= 15 is 0 Å². The minimum atomic E-state index is -0.106. The lowest BCUT2D eigenvalue weighted by molar-refractivity contribution is 0.0713. The van der Waals surface area contributed by atoms with E-state index in [1.54, 1.807) is 36.5 Å². The maximum atomic E-state index is 12.4. The first-order valence-electron chi connectivity index (χ1n) is 7.70. The molecule has 1 fully saturated rings. The summed E-state index contributed by atoms with van der Waals surface area (Å²) in [5.41, 5.74) is 0. The Hall–Kier alpha value is -2.57. The Kier molecular flexibility index (Phi) is 4.45. The fourth-order valence-electron chi connectivity index (χ4n) is 2.76. The van der Waals surface area contributed by atoms with Crippen molar-refractivity contribution in [1.29, 1.82) is 0 Å². The SMILES string of the molecule is CCOc1nccnc1N1CC[C@@H](N(C)C(=O)c2ccco2)C1. The molecule has 0 unspecified atom stereocenters. The number of carbonyl (C=O) groups is 1. The molecule has 1 amide bonds. The van der Waals surface area contributed by atoms with E-state index < -0.39 is 0 Å². The van der Waals surface area contributed by atoms with Crippen LogP contribution in [0.3, 0.4) is 0 Å². The van der Waals surface area contributed by atoms with Crippen LogP contribution in [0.15, 0.2) is 35.2 Å². The summed E-state index contributed by atoms with van der Waals surface area (Å²) in [6.45, 7) is 3.96. The second-order valence-electron chi connectivity index (χ2n) is 5.40. The van der Waals surface area contributed by atoms with Gasteiger partial charge in [-0.1, -0.05) is 0 Å². The average Bonchev–Trinajstić information content (AvgIpc) is 3.26. The van der Waals surface area contributed by atoms with E-state index in [1.807, 2.05) is 6.92 Å². The highest BCUT2D eigenvalue weighted by Crippen LogP contribution is 2.27. The van der Waals surface area contributed by atoms with Gasteiger partial charge in [-0.3, -0.25) is 4.79 Å². The molecular weight excluding hydrogens is 296 g/mol. The van der Waals surface area contributed by atoms with Gasteiger partial charge in [0, 0.05) is 32.5 Å². The summed E-state index contributed by atoms with van der Waals surface area (Å²) in [6.07, 6.45) is 5.65. The first-order valence-corrected chi connectivity index (χ1v) is 7.70. The van der Waals surface area contributed by atoms with E-state index in [1.165, 1.54) is 6.26 Å². The number of amides is 1. The van der Waals surface area contributed by atoms with Gasteiger partial charge in [0.2, 0.25) is 0 Å². The van der Waals surface area contributed by atoms with Crippen LogP contribution in [0.1, 0.15) is 23.9 Å². The Morgan fingerprint density at radius 3 is 3.04 bits per heavy atom. The van der Waals surface area contributed by atoms with Crippen LogP contribution in [-0.2, 0) is 0 Å². The first kappa shape index (κ1) is 15.3. The standard InChI is InChI=1S/C16H20N4O3/c1-3-22-15-14(17-7-8-18-15)20-9-6-12(11-20)19(2)16(21)13-5-4-10-23-13/h4-5,7-8,10,12H,3,6,9,11H2,1-2H3/t12-/m1/s1. The number of furan rings is 1. The van der Waals surface area contributed by atoms with Crippen molar-refractivity contribution in [3.8, 4) is 5.88 Å². The summed E-state index contributed by atoms with van der Waals surface area (Å²) < 4.78 is 10.7. The zero-order valence-corrected chi connectivity index (χ0v) is 13.3. The average molecular weight is 316 g/mol. The second-order valence-corrected chi connectivity index (χ2v) is 5.40. The number of anilines is 1. The molecule has 0 aliphatic carbocycles. The zero-order chi connectivity index (χ0) is 16.2. The van der Waals surface area contributed by atoms with E-state index in [4.69, 9.17) is 9.15 Å². The van der Waals surface area contributed by atoms with Crippen molar-refractivity contribution in [2.45, 2.75) is 19.4 Å². The molecule has 7 nitrogen and oxygen atoms in total. The number of aromatic nitrogens is 2. The molecule has 0 N–H and O–H groups in total. The molecule has 1 atom stereocenters. The number of ether oxygens (including phenoxy) is 1. The monoisotopic (exact) mass is 316 g/mol. The van der Waals surface area contributed by atoms with Crippen molar-refractivity contribution in [2.24, 2.45) is 0 Å². The Morgan fingerprint density at radius 2 is 2.30 bits per heavy atom. The molecule has 0 saturated carbocycles. The van der Waals surface area contributed by atoms with Crippen LogP contribution in [-0.4, -0.2) is 53.6 Å². The van der Waals surface area contributed by atoms with Crippen molar-refractivity contribution in [1.82, 2.24) is 14.9 Å². The molecule has 0 radical (unpaired) electrons. The third-order valence-electron chi connectivity index (χ3n) is 3.99. The normalized spacial score (nSPS) is 17.3. The predicted molar refractivity (Wildman–Crippen MR) is 84.6 cm³/mol. The molecule has 3 heterocycles. The number of hydrogen-bond acceptors (Lipinski definition) is 6. The van der Waals surface area contributed by atoms with Gasteiger partial charge in [-0.25, -0.2) is 9.97 Å². The van der Waals surface area contributed by atoms with Crippen LogP contribution < -0.4 is 9.64 Å². The van der Waals surface area contributed by atoms with Gasteiger partial charge in [-0.15, -0.1) is 0 Å². The summed E-state index contributed by atoms with van der Waals surface area (Å²) in [6, 6.07) is 3.50. The van der Waals surface area contributed by atoms with Crippen molar-refractivity contribution in [3.63, 3.8) is 0 Å². The van der Waals surface area contributed by atoms with Crippen molar-refractivity contribution in [3.05, 3.63) is 36.5 Å². The molecule has 23 heavy (non-hydrogen) atoms. The second kappa shape index (κ2) is 6.68. The number of hydrogen-bond donors (Lipinski definition) is 0. The van der Waals surface area contributed by atoms with Gasteiger partial charge in [-0.05, 0) is 25.5 Å². The molecule has 1 saturated heterocycles. The van der Waals surface area contributed by atoms with Crippen LogP contribution in [0.2, 0.25) is 0 Å². The zero-order valence-electron chi connectivity index (χ0n) is 13.3. The number of rotatable bonds is 5. The van der Waals surface area contributed by atoms with Gasteiger partial charge in [0.15, 0.2) is 11.6 Å². The highest BCUT2D eigenvalue weighted by molar-refractivity contribution is 5.91. The Morgan fingerprint density at radius 1 is 1.48 bits per heavy atom. The van der Waals surface area contributed by atoms with E-state index in [-0.39, 0.29) is 11.9 Å². The highest BCUT2D eigenvalue weighted by Gasteiger charge is 2.31. The summed E-state index contributed by atoms with van der Waals surface area (Å²) >= 11 is 0. The van der Waals surface area contributed by atoms with Crippen LogP contribution in [0.25, 0.3) is 0 Å². The van der Waals surface area contributed by atoms with Crippen LogP contribution in [0.4, 0.5) is 5.82 Å². The Balaban J connectivity index is 1.70. The lowest BCUT2D eigenvalue weighted by Crippen LogP contribution is -2.39. The fourth-order valence-corrected chi connectivity index (χ4v) is 2.76. The smallest absolute Gasteiger partial charge is 0.289 e. The third-order valence-corrected chi connectivity index (χ3v) is 3.99. The Bertz CT molecular complexity index is 659. The van der Waals surface area contributed by atoms with Crippen LogP contribution >= 0.6 is 0 Å². The quantitative estimate of drug-likeness (QED) is 0.838. The minimum absolute atomic E-state index is 0.101. The molecular formula is C16H20N4O3. The number of carbonyl (C=O) groups excluding carboxylic acids is 1. The van der Waals surface area contributed by atoms with Crippen LogP contribution in [0.5, 0.6) is 5.88 Å². The lowest BCUT2D eigenvalue weighted by atomic mass is 10.2. The van der Waals surface area contributed by atoms with Gasteiger partial charge in [0.05, 0.1) is 18.9 Å². The van der Waals surface area contributed by atoms with E-state index in [0.29, 0.717) is 24.8 Å². The third kappa shape index (κ3) is 3.13.